The molecule has 2 unspecified atom stereocenters. The number of likely N-dealkylation sites (tertiary alicyclic amines) is 1. The number of hydrogen-bond acceptors (Lipinski definition) is 3. The number of rotatable bonds is 4. The van der Waals surface area contributed by atoms with E-state index in [1.807, 2.05) is 18.5 Å². The largest absolute Gasteiger partial charge is 0.307 e. The molecule has 3 atom stereocenters. The molecule has 1 saturated heterocycles. The Kier molecular flexibility index (Phi) is 4.72. The van der Waals surface area contributed by atoms with E-state index >= 15 is 0 Å². The van der Waals surface area contributed by atoms with Gasteiger partial charge in [0.2, 0.25) is 0 Å². The van der Waals surface area contributed by atoms with Crippen molar-refractivity contribution < 1.29 is 0 Å². The van der Waals surface area contributed by atoms with Gasteiger partial charge in [0.05, 0.1) is 0 Å². The number of nitrogens with zero attached hydrogens (tertiary/aromatic N) is 2. The second-order valence-corrected chi connectivity index (χ2v) is 5.63. The zero-order valence-electron chi connectivity index (χ0n) is 11.8. The highest BCUT2D eigenvalue weighted by molar-refractivity contribution is 5.13. The quantitative estimate of drug-likeness (QED) is 0.886. The third-order valence-electron chi connectivity index (χ3n) is 4.07. The van der Waals surface area contributed by atoms with E-state index < -0.39 is 0 Å². The van der Waals surface area contributed by atoms with Crippen LogP contribution in [-0.4, -0.2) is 36.1 Å². The first-order chi connectivity index (χ1) is 8.66. The molecule has 0 spiro atoms. The summed E-state index contributed by atoms with van der Waals surface area (Å²) in [5.74, 6) is 0.767. The van der Waals surface area contributed by atoms with Crippen molar-refractivity contribution in [3.8, 4) is 0 Å². The van der Waals surface area contributed by atoms with Gasteiger partial charge in [0, 0.05) is 31.0 Å². The molecule has 0 amide bonds. The minimum absolute atomic E-state index is 0.376. The second-order valence-electron chi connectivity index (χ2n) is 5.63. The van der Waals surface area contributed by atoms with E-state index in [1.165, 1.54) is 31.5 Å². The maximum atomic E-state index is 4.19. The Hall–Kier alpha value is -0.930. The van der Waals surface area contributed by atoms with Crippen LogP contribution in [0.3, 0.4) is 0 Å². The van der Waals surface area contributed by atoms with E-state index in [9.17, 15) is 0 Å². The van der Waals surface area contributed by atoms with Crippen molar-refractivity contribution in [2.45, 2.75) is 38.8 Å². The van der Waals surface area contributed by atoms with E-state index in [0.29, 0.717) is 12.1 Å². The van der Waals surface area contributed by atoms with Crippen molar-refractivity contribution in [3.05, 3.63) is 30.1 Å². The predicted octanol–water partition coefficient (Wildman–Crippen LogP) is 2.46. The molecule has 0 radical (unpaired) electrons. The van der Waals surface area contributed by atoms with E-state index in [2.05, 4.69) is 42.2 Å². The van der Waals surface area contributed by atoms with Crippen molar-refractivity contribution in [3.63, 3.8) is 0 Å². The standard InChI is InChI=1S/C15H25N3/c1-12(14-6-4-8-16-10-14)17-13(2)15-7-5-9-18(3)11-15/h4,6,8,10,12-13,15,17H,5,7,9,11H2,1-3H3/t12-,13?,15?/m1/s1. The van der Waals surface area contributed by atoms with Gasteiger partial charge < -0.3 is 10.2 Å². The molecule has 1 aromatic rings. The summed E-state index contributed by atoms with van der Waals surface area (Å²) in [5.41, 5.74) is 1.27. The lowest BCUT2D eigenvalue weighted by atomic mass is 9.91. The summed E-state index contributed by atoms with van der Waals surface area (Å²) in [6, 6.07) is 5.08. The minimum atomic E-state index is 0.376. The molecule has 1 aromatic heterocycles. The number of piperidine rings is 1. The monoisotopic (exact) mass is 247 g/mol. The van der Waals surface area contributed by atoms with Gasteiger partial charge in [-0.15, -0.1) is 0 Å². The summed E-state index contributed by atoms with van der Waals surface area (Å²) in [7, 11) is 2.23. The van der Waals surface area contributed by atoms with Gasteiger partial charge in [-0.25, -0.2) is 0 Å². The highest BCUT2D eigenvalue weighted by Crippen LogP contribution is 2.21. The Bertz CT molecular complexity index is 352. The van der Waals surface area contributed by atoms with Gasteiger partial charge in [-0.3, -0.25) is 4.98 Å². The average Bonchev–Trinajstić information content (AvgIpc) is 2.39. The zero-order chi connectivity index (χ0) is 13.0. The van der Waals surface area contributed by atoms with Gasteiger partial charge >= 0.3 is 0 Å². The molecule has 2 rings (SSSR count). The van der Waals surface area contributed by atoms with Gasteiger partial charge in [0.25, 0.3) is 0 Å². The molecule has 0 saturated carbocycles. The van der Waals surface area contributed by atoms with Crippen LogP contribution in [0.5, 0.6) is 0 Å². The molecule has 0 aromatic carbocycles. The van der Waals surface area contributed by atoms with E-state index in [-0.39, 0.29) is 0 Å². The average molecular weight is 247 g/mol. The third kappa shape index (κ3) is 3.53. The zero-order valence-corrected chi connectivity index (χ0v) is 11.8. The Morgan fingerprint density at radius 1 is 1.44 bits per heavy atom. The first-order valence-corrected chi connectivity index (χ1v) is 7.01. The maximum Gasteiger partial charge on any atom is 0.0315 e. The van der Waals surface area contributed by atoms with Crippen molar-refractivity contribution in [1.82, 2.24) is 15.2 Å². The van der Waals surface area contributed by atoms with Gasteiger partial charge in [0.15, 0.2) is 0 Å². The van der Waals surface area contributed by atoms with E-state index in [0.717, 1.165) is 5.92 Å². The van der Waals surface area contributed by atoms with Gasteiger partial charge in [-0.1, -0.05) is 6.07 Å². The molecule has 0 aliphatic carbocycles. The summed E-state index contributed by atoms with van der Waals surface area (Å²) < 4.78 is 0. The number of nitrogens with one attached hydrogen (secondary N) is 1. The SMILES string of the molecule is CC(N[C@H](C)c1cccnc1)C1CCCN(C)C1. The Morgan fingerprint density at radius 2 is 2.28 bits per heavy atom. The van der Waals surface area contributed by atoms with E-state index in [1.54, 1.807) is 0 Å². The number of pyridine rings is 1. The molecule has 2 heterocycles. The van der Waals surface area contributed by atoms with Crippen molar-refractivity contribution in [2.75, 3.05) is 20.1 Å². The summed E-state index contributed by atoms with van der Waals surface area (Å²) in [4.78, 5) is 6.63. The lowest BCUT2D eigenvalue weighted by molar-refractivity contribution is 0.174. The fraction of sp³-hybridized carbons (Fsp3) is 0.667. The highest BCUT2D eigenvalue weighted by Gasteiger charge is 2.23. The predicted molar refractivity (Wildman–Crippen MR) is 75.5 cm³/mol. The molecule has 3 nitrogen and oxygen atoms in total. The molecule has 1 N–H and O–H groups in total. The summed E-state index contributed by atoms with van der Waals surface area (Å²) >= 11 is 0. The van der Waals surface area contributed by atoms with Crippen LogP contribution in [0.4, 0.5) is 0 Å². The van der Waals surface area contributed by atoms with Crippen LogP contribution < -0.4 is 5.32 Å². The van der Waals surface area contributed by atoms with Gasteiger partial charge in [0.1, 0.15) is 0 Å². The lowest BCUT2D eigenvalue weighted by Crippen LogP contribution is -2.43. The topological polar surface area (TPSA) is 28.2 Å². The van der Waals surface area contributed by atoms with Crippen LogP contribution in [0.15, 0.2) is 24.5 Å². The molecule has 1 fully saturated rings. The van der Waals surface area contributed by atoms with Gasteiger partial charge in [-0.05, 0) is 57.8 Å². The molecule has 100 valence electrons. The van der Waals surface area contributed by atoms with Crippen molar-refractivity contribution in [1.29, 1.82) is 0 Å². The fourth-order valence-electron chi connectivity index (χ4n) is 2.87. The molecular formula is C15H25N3. The summed E-state index contributed by atoms with van der Waals surface area (Å²) in [5, 5.41) is 3.72. The van der Waals surface area contributed by atoms with Crippen LogP contribution in [0, 0.1) is 5.92 Å². The normalized spacial score (nSPS) is 24.7. The molecule has 1 aliphatic heterocycles. The minimum Gasteiger partial charge on any atom is -0.307 e. The van der Waals surface area contributed by atoms with Crippen LogP contribution in [-0.2, 0) is 0 Å². The Morgan fingerprint density at radius 3 is 2.94 bits per heavy atom. The summed E-state index contributed by atoms with van der Waals surface area (Å²) in [6.07, 6.45) is 6.46. The molecule has 18 heavy (non-hydrogen) atoms. The van der Waals surface area contributed by atoms with Gasteiger partial charge in [-0.2, -0.15) is 0 Å². The Balaban J connectivity index is 1.88. The maximum absolute atomic E-state index is 4.19. The highest BCUT2D eigenvalue weighted by atomic mass is 15.1. The summed E-state index contributed by atoms with van der Waals surface area (Å²) in [6.45, 7) is 7.01. The third-order valence-corrected chi connectivity index (χ3v) is 4.07. The van der Waals surface area contributed by atoms with E-state index in [4.69, 9.17) is 0 Å². The second kappa shape index (κ2) is 6.30. The number of hydrogen-bond donors (Lipinski definition) is 1. The molecule has 0 bridgehead atoms. The van der Waals surface area contributed by atoms with Crippen LogP contribution >= 0.6 is 0 Å². The molecule has 3 heteroatoms. The first-order valence-electron chi connectivity index (χ1n) is 7.01. The van der Waals surface area contributed by atoms with Crippen molar-refractivity contribution in [2.24, 2.45) is 5.92 Å². The lowest BCUT2D eigenvalue weighted by Gasteiger charge is -2.35. The number of aromatic nitrogens is 1. The van der Waals surface area contributed by atoms with Crippen LogP contribution in [0.1, 0.15) is 38.3 Å². The van der Waals surface area contributed by atoms with Crippen molar-refractivity contribution >= 4 is 0 Å². The first kappa shape index (κ1) is 13.5. The smallest absolute Gasteiger partial charge is 0.0315 e. The fourth-order valence-corrected chi connectivity index (χ4v) is 2.87. The molecule has 1 aliphatic rings. The molecular weight excluding hydrogens is 222 g/mol. The van der Waals surface area contributed by atoms with Crippen LogP contribution in [0.25, 0.3) is 0 Å². The Labute approximate surface area is 111 Å². The van der Waals surface area contributed by atoms with Crippen LogP contribution in [0.2, 0.25) is 0 Å².